The first-order chi connectivity index (χ1) is 12.2. The largest absolute Gasteiger partial charge is 0.339 e. The number of nitrogens with zero attached hydrogens (tertiary/aromatic N) is 4. The first-order valence-electron chi connectivity index (χ1n) is 8.28. The number of carbonyl (C=O) groups is 1. The molecule has 6 heteroatoms. The van der Waals surface area contributed by atoms with E-state index in [0.29, 0.717) is 30.5 Å². The SMILES string of the molecule is Cc1noc([C@H]2CN(C(=O)c3ccccn3)C[C@H]2c2ccccc2)n1. The number of hydrogen-bond donors (Lipinski definition) is 0. The van der Waals surface area contributed by atoms with Crippen molar-refractivity contribution in [2.45, 2.75) is 18.8 Å². The van der Waals surface area contributed by atoms with Gasteiger partial charge in [-0.05, 0) is 24.6 Å². The minimum Gasteiger partial charge on any atom is -0.339 e. The number of carbonyl (C=O) groups excluding carboxylic acids is 1. The summed E-state index contributed by atoms with van der Waals surface area (Å²) in [6, 6.07) is 15.5. The monoisotopic (exact) mass is 334 g/mol. The van der Waals surface area contributed by atoms with Crippen LogP contribution in [0.25, 0.3) is 0 Å². The molecule has 4 rings (SSSR count). The van der Waals surface area contributed by atoms with Gasteiger partial charge in [0.05, 0.1) is 5.92 Å². The summed E-state index contributed by atoms with van der Waals surface area (Å²) >= 11 is 0. The van der Waals surface area contributed by atoms with Crippen LogP contribution in [0.1, 0.15) is 39.6 Å². The molecule has 1 fully saturated rings. The van der Waals surface area contributed by atoms with E-state index in [1.807, 2.05) is 29.2 Å². The lowest BCUT2D eigenvalue weighted by Crippen LogP contribution is -2.29. The second-order valence-corrected chi connectivity index (χ2v) is 6.23. The molecule has 2 aromatic heterocycles. The highest BCUT2D eigenvalue weighted by atomic mass is 16.5. The molecule has 1 aliphatic heterocycles. The molecule has 0 saturated carbocycles. The molecule has 1 aliphatic rings. The van der Waals surface area contributed by atoms with Gasteiger partial charge in [0.1, 0.15) is 5.69 Å². The van der Waals surface area contributed by atoms with Crippen LogP contribution in [0.4, 0.5) is 0 Å². The van der Waals surface area contributed by atoms with E-state index >= 15 is 0 Å². The predicted molar refractivity (Wildman–Crippen MR) is 91.1 cm³/mol. The summed E-state index contributed by atoms with van der Waals surface area (Å²) in [6.07, 6.45) is 1.64. The maximum atomic E-state index is 12.8. The van der Waals surface area contributed by atoms with Gasteiger partial charge in [-0.1, -0.05) is 41.6 Å². The molecule has 0 bridgehead atoms. The zero-order valence-corrected chi connectivity index (χ0v) is 13.9. The third kappa shape index (κ3) is 3.03. The minimum atomic E-state index is -0.0692. The number of aryl methyl sites for hydroxylation is 1. The van der Waals surface area contributed by atoms with E-state index in [-0.39, 0.29) is 17.7 Å². The summed E-state index contributed by atoms with van der Waals surface area (Å²) < 4.78 is 5.42. The van der Waals surface area contributed by atoms with Crippen molar-refractivity contribution in [3.05, 3.63) is 77.7 Å². The van der Waals surface area contributed by atoms with Crippen molar-refractivity contribution >= 4 is 5.91 Å². The fourth-order valence-electron chi connectivity index (χ4n) is 3.37. The van der Waals surface area contributed by atoms with E-state index in [0.717, 1.165) is 0 Å². The molecule has 2 atom stereocenters. The van der Waals surface area contributed by atoms with Gasteiger partial charge in [-0.3, -0.25) is 9.78 Å². The molecule has 126 valence electrons. The maximum absolute atomic E-state index is 12.8. The van der Waals surface area contributed by atoms with Crippen molar-refractivity contribution in [1.29, 1.82) is 0 Å². The van der Waals surface area contributed by atoms with Gasteiger partial charge in [-0.15, -0.1) is 0 Å². The first kappa shape index (κ1) is 15.5. The number of amides is 1. The summed E-state index contributed by atoms with van der Waals surface area (Å²) in [6.45, 7) is 2.94. The van der Waals surface area contributed by atoms with E-state index in [4.69, 9.17) is 4.52 Å². The molecule has 25 heavy (non-hydrogen) atoms. The predicted octanol–water partition coefficient (Wildman–Crippen LogP) is 2.80. The van der Waals surface area contributed by atoms with Gasteiger partial charge in [0, 0.05) is 25.2 Å². The van der Waals surface area contributed by atoms with Crippen LogP contribution in [0.5, 0.6) is 0 Å². The lowest BCUT2D eigenvalue weighted by Gasteiger charge is -2.16. The van der Waals surface area contributed by atoms with Crippen LogP contribution < -0.4 is 0 Å². The standard InChI is InChI=1S/C19H18N4O2/c1-13-21-18(25-22-13)16-12-23(19(24)17-9-5-6-10-20-17)11-15(16)14-7-3-2-4-8-14/h2-10,15-16H,11-12H2,1H3/t15-,16-/m0/s1. The molecular weight excluding hydrogens is 316 g/mol. The van der Waals surface area contributed by atoms with E-state index in [2.05, 4.69) is 27.3 Å². The van der Waals surface area contributed by atoms with Crippen LogP contribution in [0.15, 0.2) is 59.3 Å². The second-order valence-electron chi connectivity index (χ2n) is 6.23. The van der Waals surface area contributed by atoms with Gasteiger partial charge in [-0.2, -0.15) is 4.98 Å². The molecule has 0 unspecified atom stereocenters. The number of rotatable bonds is 3. The Morgan fingerprint density at radius 1 is 1.08 bits per heavy atom. The Bertz CT molecular complexity index is 863. The molecule has 1 amide bonds. The smallest absolute Gasteiger partial charge is 0.272 e. The Hall–Kier alpha value is -3.02. The maximum Gasteiger partial charge on any atom is 0.272 e. The van der Waals surface area contributed by atoms with Crippen LogP contribution in [0.2, 0.25) is 0 Å². The summed E-state index contributed by atoms with van der Waals surface area (Å²) in [5.41, 5.74) is 1.62. The lowest BCUT2D eigenvalue weighted by molar-refractivity contribution is 0.0782. The highest BCUT2D eigenvalue weighted by molar-refractivity contribution is 5.92. The van der Waals surface area contributed by atoms with Crippen LogP contribution in [-0.2, 0) is 0 Å². The van der Waals surface area contributed by atoms with Crippen molar-refractivity contribution in [1.82, 2.24) is 20.0 Å². The van der Waals surface area contributed by atoms with Gasteiger partial charge in [0.2, 0.25) is 5.89 Å². The fourth-order valence-corrected chi connectivity index (χ4v) is 3.37. The van der Waals surface area contributed by atoms with Crippen LogP contribution in [0, 0.1) is 6.92 Å². The van der Waals surface area contributed by atoms with Gasteiger partial charge in [-0.25, -0.2) is 0 Å². The zero-order valence-electron chi connectivity index (χ0n) is 13.9. The van der Waals surface area contributed by atoms with Gasteiger partial charge in [0.15, 0.2) is 5.82 Å². The van der Waals surface area contributed by atoms with E-state index in [1.165, 1.54) is 5.56 Å². The van der Waals surface area contributed by atoms with Crippen LogP contribution >= 0.6 is 0 Å². The average molecular weight is 334 g/mol. The van der Waals surface area contributed by atoms with Crippen LogP contribution in [0.3, 0.4) is 0 Å². The van der Waals surface area contributed by atoms with Crippen molar-refractivity contribution in [2.75, 3.05) is 13.1 Å². The Morgan fingerprint density at radius 2 is 1.84 bits per heavy atom. The third-order valence-electron chi connectivity index (χ3n) is 4.58. The van der Waals surface area contributed by atoms with Crippen LogP contribution in [-0.4, -0.2) is 39.0 Å². The fraction of sp³-hybridized carbons (Fsp3) is 0.263. The number of aromatic nitrogens is 3. The summed E-state index contributed by atoms with van der Waals surface area (Å²) in [5.74, 6) is 1.23. The molecule has 0 N–H and O–H groups in total. The molecule has 0 radical (unpaired) electrons. The Kier molecular flexibility index (Phi) is 4.01. The Labute approximate surface area is 145 Å². The van der Waals surface area contributed by atoms with Gasteiger partial charge < -0.3 is 9.42 Å². The van der Waals surface area contributed by atoms with E-state index < -0.39 is 0 Å². The summed E-state index contributed by atoms with van der Waals surface area (Å²) in [5, 5.41) is 3.92. The summed E-state index contributed by atoms with van der Waals surface area (Å²) in [7, 11) is 0. The molecular formula is C19H18N4O2. The molecule has 1 aromatic carbocycles. The highest BCUT2D eigenvalue weighted by Crippen LogP contribution is 2.39. The van der Waals surface area contributed by atoms with Crippen molar-refractivity contribution in [3.63, 3.8) is 0 Å². The van der Waals surface area contributed by atoms with E-state index in [1.54, 1.807) is 25.3 Å². The molecule has 6 nitrogen and oxygen atoms in total. The highest BCUT2D eigenvalue weighted by Gasteiger charge is 2.40. The molecule has 3 aromatic rings. The Balaban J connectivity index is 1.66. The molecule has 0 aliphatic carbocycles. The van der Waals surface area contributed by atoms with Gasteiger partial charge >= 0.3 is 0 Å². The zero-order chi connectivity index (χ0) is 17.2. The second kappa shape index (κ2) is 6.47. The number of pyridine rings is 1. The van der Waals surface area contributed by atoms with E-state index in [9.17, 15) is 4.79 Å². The number of benzene rings is 1. The minimum absolute atomic E-state index is 0.0173. The molecule has 1 saturated heterocycles. The topological polar surface area (TPSA) is 72.1 Å². The lowest BCUT2D eigenvalue weighted by atomic mass is 9.89. The molecule has 3 heterocycles. The van der Waals surface area contributed by atoms with Crippen molar-refractivity contribution in [2.24, 2.45) is 0 Å². The number of hydrogen-bond acceptors (Lipinski definition) is 5. The Morgan fingerprint density at radius 3 is 2.52 bits per heavy atom. The summed E-state index contributed by atoms with van der Waals surface area (Å²) in [4.78, 5) is 23.2. The first-order valence-corrected chi connectivity index (χ1v) is 8.28. The average Bonchev–Trinajstić information content (AvgIpc) is 3.29. The third-order valence-corrected chi connectivity index (χ3v) is 4.58. The van der Waals surface area contributed by atoms with Crippen molar-refractivity contribution < 1.29 is 9.32 Å². The normalized spacial score (nSPS) is 20.0. The number of likely N-dealkylation sites (tertiary alicyclic amines) is 1. The molecule has 0 spiro atoms. The quantitative estimate of drug-likeness (QED) is 0.736. The van der Waals surface area contributed by atoms with Crippen molar-refractivity contribution in [3.8, 4) is 0 Å². The van der Waals surface area contributed by atoms with Gasteiger partial charge in [0.25, 0.3) is 5.91 Å².